The molecule has 2 rings (SSSR count). The van der Waals surface area contributed by atoms with Gasteiger partial charge in [0, 0.05) is 18.1 Å². The van der Waals surface area contributed by atoms with Gasteiger partial charge >= 0.3 is 0 Å². The number of carbonyl (C=O) groups is 1. The largest absolute Gasteiger partial charge is 0.481 e. The third-order valence-corrected chi connectivity index (χ3v) is 4.11. The molecule has 0 fully saturated rings. The molecule has 1 amide bonds. The second-order valence-electron chi connectivity index (χ2n) is 5.14. The van der Waals surface area contributed by atoms with E-state index in [-0.39, 0.29) is 12.5 Å². The van der Waals surface area contributed by atoms with E-state index in [9.17, 15) is 4.79 Å². The second kappa shape index (κ2) is 7.38. The number of rotatable bonds is 6. The summed E-state index contributed by atoms with van der Waals surface area (Å²) in [5, 5.41) is 12.0. The summed E-state index contributed by atoms with van der Waals surface area (Å²) in [6.07, 6.45) is -0.597. The van der Waals surface area contributed by atoms with Gasteiger partial charge in [-0.25, -0.2) is 4.98 Å². The number of amides is 1. The SMILES string of the molecule is Cc1csc(CN(C)C(=O)C(C)Oc2cccc(CO)c2)n1. The second-order valence-corrected chi connectivity index (χ2v) is 6.09. The van der Waals surface area contributed by atoms with Gasteiger partial charge < -0.3 is 14.7 Å². The Morgan fingerprint density at radius 3 is 2.91 bits per heavy atom. The Kier molecular flexibility index (Phi) is 5.51. The van der Waals surface area contributed by atoms with Gasteiger partial charge in [0.2, 0.25) is 0 Å². The van der Waals surface area contributed by atoms with Crippen LogP contribution in [0.15, 0.2) is 29.6 Å². The van der Waals surface area contributed by atoms with Crippen molar-refractivity contribution >= 4 is 17.2 Å². The van der Waals surface area contributed by atoms with Crippen LogP contribution in [0.5, 0.6) is 5.75 Å². The molecule has 0 saturated carbocycles. The molecular weight excluding hydrogens is 300 g/mol. The lowest BCUT2D eigenvalue weighted by atomic mass is 10.2. The molecule has 0 bridgehead atoms. The lowest BCUT2D eigenvalue weighted by Crippen LogP contribution is -2.37. The summed E-state index contributed by atoms with van der Waals surface area (Å²) in [5.41, 5.74) is 1.72. The maximum atomic E-state index is 12.3. The van der Waals surface area contributed by atoms with Crippen LogP contribution in [0.1, 0.15) is 23.2 Å². The van der Waals surface area contributed by atoms with E-state index in [2.05, 4.69) is 4.98 Å². The number of nitrogens with zero attached hydrogens (tertiary/aromatic N) is 2. The number of carbonyl (C=O) groups excluding carboxylic acids is 1. The molecule has 1 atom stereocenters. The molecule has 1 aromatic carbocycles. The van der Waals surface area contributed by atoms with Gasteiger partial charge in [0.05, 0.1) is 13.2 Å². The quantitative estimate of drug-likeness (QED) is 0.887. The number of aliphatic hydroxyl groups is 1. The summed E-state index contributed by atoms with van der Waals surface area (Å²) in [6.45, 7) is 4.07. The van der Waals surface area contributed by atoms with Crippen LogP contribution < -0.4 is 4.74 Å². The lowest BCUT2D eigenvalue weighted by Gasteiger charge is -2.21. The summed E-state index contributed by atoms with van der Waals surface area (Å²) < 4.78 is 5.66. The number of ether oxygens (including phenoxy) is 1. The Bertz CT molecular complexity index is 642. The highest BCUT2D eigenvalue weighted by atomic mass is 32.1. The molecule has 6 heteroatoms. The van der Waals surface area contributed by atoms with E-state index in [1.165, 1.54) is 0 Å². The highest BCUT2D eigenvalue weighted by molar-refractivity contribution is 7.09. The Balaban J connectivity index is 1.95. The highest BCUT2D eigenvalue weighted by Gasteiger charge is 2.20. The van der Waals surface area contributed by atoms with Crippen molar-refractivity contribution in [1.82, 2.24) is 9.88 Å². The Morgan fingerprint density at radius 2 is 2.27 bits per heavy atom. The zero-order valence-corrected chi connectivity index (χ0v) is 13.8. The molecule has 0 radical (unpaired) electrons. The molecule has 0 aliphatic carbocycles. The fourth-order valence-corrected chi connectivity index (χ4v) is 2.86. The predicted octanol–water partition coefficient (Wildman–Crippen LogP) is 2.37. The topological polar surface area (TPSA) is 62.7 Å². The van der Waals surface area contributed by atoms with Crippen molar-refractivity contribution in [2.75, 3.05) is 7.05 Å². The van der Waals surface area contributed by atoms with Gasteiger partial charge in [-0.05, 0) is 31.5 Å². The number of aromatic nitrogens is 1. The third-order valence-electron chi connectivity index (χ3n) is 3.16. The number of thiazole rings is 1. The fourth-order valence-electron chi connectivity index (χ4n) is 2.04. The molecule has 5 nitrogen and oxygen atoms in total. The van der Waals surface area contributed by atoms with Crippen LogP contribution in [0, 0.1) is 6.92 Å². The van der Waals surface area contributed by atoms with Crippen molar-refractivity contribution in [1.29, 1.82) is 0 Å². The molecule has 0 saturated heterocycles. The smallest absolute Gasteiger partial charge is 0.263 e. The van der Waals surface area contributed by atoms with Crippen LogP contribution in [0.25, 0.3) is 0 Å². The number of likely N-dealkylation sites (N-methyl/N-ethyl adjacent to an activating group) is 1. The van der Waals surface area contributed by atoms with E-state index < -0.39 is 6.10 Å². The first kappa shape index (κ1) is 16.5. The van der Waals surface area contributed by atoms with Crippen LogP contribution in [0.2, 0.25) is 0 Å². The Morgan fingerprint density at radius 1 is 1.50 bits per heavy atom. The van der Waals surface area contributed by atoms with E-state index in [0.717, 1.165) is 16.3 Å². The maximum Gasteiger partial charge on any atom is 0.263 e. The molecule has 118 valence electrons. The Labute approximate surface area is 134 Å². The zero-order valence-electron chi connectivity index (χ0n) is 12.9. The summed E-state index contributed by atoms with van der Waals surface area (Å²) in [7, 11) is 1.74. The molecule has 1 unspecified atom stereocenters. The lowest BCUT2D eigenvalue weighted by molar-refractivity contribution is -0.137. The van der Waals surface area contributed by atoms with Crippen LogP contribution in [-0.2, 0) is 17.9 Å². The van der Waals surface area contributed by atoms with E-state index in [1.54, 1.807) is 54.5 Å². The number of hydrogen-bond donors (Lipinski definition) is 1. The molecule has 22 heavy (non-hydrogen) atoms. The van der Waals surface area contributed by atoms with Gasteiger partial charge in [-0.1, -0.05) is 12.1 Å². The van der Waals surface area contributed by atoms with Gasteiger partial charge in [0.25, 0.3) is 5.91 Å². The van der Waals surface area contributed by atoms with Crippen molar-refractivity contribution < 1.29 is 14.6 Å². The van der Waals surface area contributed by atoms with E-state index in [0.29, 0.717) is 12.3 Å². The molecule has 1 N–H and O–H groups in total. The molecule has 0 aliphatic rings. The minimum absolute atomic E-state index is 0.0527. The van der Waals surface area contributed by atoms with Crippen LogP contribution >= 0.6 is 11.3 Å². The minimum atomic E-state index is -0.597. The van der Waals surface area contributed by atoms with Gasteiger partial charge in [-0.15, -0.1) is 11.3 Å². The first-order valence-corrected chi connectivity index (χ1v) is 7.90. The average molecular weight is 320 g/mol. The molecule has 0 aliphatic heterocycles. The normalized spacial score (nSPS) is 12.0. The molecule has 2 aromatic rings. The van der Waals surface area contributed by atoms with Crippen LogP contribution in [-0.4, -0.2) is 34.0 Å². The van der Waals surface area contributed by atoms with Crippen molar-refractivity contribution in [2.24, 2.45) is 0 Å². The van der Waals surface area contributed by atoms with Gasteiger partial charge in [0.1, 0.15) is 10.8 Å². The summed E-state index contributed by atoms with van der Waals surface area (Å²) in [4.78, 5) is 18.3. The van der Waals surface area contributed by atoms with Crippen molar-refractivity contribution in [3.63, 3.8) is 0 Å². The minimum Gasteiger partial charge on any atom is -0.481 e. The predicted molar refractivity (Wildman–Crippen MR) is 85.8 cm³/mol. The maximum absolute atomic E-state index is 12.3. The summed E-state index contributed by atoms with van der Waals surface area (Å²) in [5.74, 6) is 0.466. The average Bonchev–Trinajstić information content (AvgIpc) is 2.91. The number of benzene rings is 1. The van der Waals surface area contributed by atoms with E-state index in [4.69, 9.17) is 9.84 Å². The fraction of sp³-hybridized carbons (Fsp3) is 0.375. The van der Waals surface area contributed by atoms with E-state index >= 15 is 0 Å². The Hall–Kier alpha value is -1.92. The molecule has 1 aromatic heterocycles. The van der Waals surface area contributed by atoms with Crippen molar-refractivity contribution in [3.05, 3.63) is 45.9 Å². The third kappa shape index (κ3) is 4.29. The zero-order chi connectivity index (χ0) is 16.1. The van der Waals surface area contributed by atoms with Gasteiger partial charge in [0.15, 0.2) is 6.10 Å². The molecule has 1 heterocycles. The monoisotopic (exact) mass is 320 g/mol. The first-order valence-electron chi connectivity index (χ1n) is 7.02. The van der Waals surface area contributed by atoms with E-state index in [1.807, 2.05) is 12.3 Å². The van der Waals surface area contributed by atoms with Gasteiger partial charge in [-0.2, -0.15) is 0 Å². The standard InChI is InChI=1S/C16H20N2O3S/c1-11-10-22-15(17-11)8-18(3)16(20)12(2)21-14-6-4-5-13(7-14)9-19/h4-7,10,12,19H,8-9H2,1-3H3. The number of aryl methyl sites for hydroxylation is 1. The van der Waals surface area contributed by atoms with Crippen molar-refractivity contribution in [2.45, 2.75) is 33.1 Å². The summed E-state index contributed by atoms with van der Waals surface area (Å²) in [6, 6.07) is 7.09. The number of hydrogen-bond acceptors (Lipinski definition) is 5. The molecular formula is C16H20N2O3S. The molecule has 0 spiro atoms. The highest BCUT2D eigenvalue weighted by Crippen LogP contribution is 2.16. The van der Waals surface area contributed by atoms with Crippen molar-refractivity contribution in [3.8, 4) is 5.75 Å². The van der Waals surface area contributed by atoms with Crippen LogP contribution in [0.3, 0.4) is 0 Å². The first-order chi connectivity index (χ1) is 10.5. The van der Waals surface area contributed by atoms with Crippen LogP contribution in [0.4, 0.5) is 0 Å². The van der Waals surface area contributed by atoms with Gasteiger partial charge in [-0.3, -0.25) is 4.79 Å². The number of aliphatic hydroxyl groups excluding tert-OH is 1. The summed E-state index contributed by atoms with van der Waals surface area (Å²) >= 11 is 1.54.